The van der Waals surface area contributed by atoms with Crippen molar-refractivity contribution in [3.05, 3.63) is 48.0 Å². The number of esters is 1. The van der Waals surface area contributed by atoms with Crippen molar-refractivity contribution in [2.24, 2.45) is 0 Å². The second-order valence-electron chi connectivity index (χ2n) is 5.93. The topological polar surface area (TPSA) is 83.8 Å². The number of benzene rings is 1. The average Bonchev–Trinajstić information content (AvgIpc) is 2.60. The lowest BCUT2D eigenvalue weighted by molar-refractivity contribution is -0.139. The lowest BCUT2D eigenvalue weighted by Crippen LogP contribution is -2.40. The summed E-state index contributed by atoms with van der Waals surface area (Å²) in [6.07, 6.45) is 4.26. The van der Waals surface area contributed by atoms with Gasteiger partial charge in [0, 0.05) is 11.1 Å². The van der Waals surface area contributed by atoms with E-state index in [1.807, 2.05) is 18.2 Å². The molecule has 0 aliphatic heterocycles. The number of carbonyl (C=O) groups excluding carboxylic acids is 2. The Morgan fingerprint density at radius 3 is 2.25 bits per heavy atom. The summed E-state index contributed by atoms with van der Waals surface area (Å²) in [4.78, 5) is 22.5. The molecular weight excluding hydrogens is 308 g/mol. The molecule has 0 heterocycles. The van der Waals surface area contributed by atoms with Gasteiger partial charge in [-0.05, 0) is 19.8 Å². The zero-order valence-corrected chi connectivity index (χ0v) is 14.2. The van der Waals surface area contributed by atoms with E-state index in [-0.39, 0.29) is 19.0 Å². The van der Waals surface area contributed by atoms with E-state index in [2.05, 4.69) is 11.3 Å². The number of ether oxygens (including phenoxy) is 1. The Labute approximate surface area is 143 Å². The Morgan fingerprint density at radius 1 is 1.17 bits per heavy atom. The lowest BCUT2D eigenvalue weighted by atomic mass is 9.79. The molecule has 2 N–H and O–H groups in total. The molecule has 0 bridgehead atoms. The van der Waals surface area contributed by atoms with Gasteiger partial charge in [-0.25, -0.2) is 4.79 Å². The van der Waals surface area contributed by atoms with Crippen LogP contribution < -0.4 is 0 Å². The van der Waals surface area contributed by atoms with Gasteiger partial charge in [0.25, 0.3) is 0 Å². The van der Waals surface area contributed by atoms with Crippen LogP contribution in [0.4, 0.5) is 0 Å². The second kappa shape index (κ2) is 10.0. The molecule has 1 aromatic rings. The molecule has 1 aromatic carbocycles. The summed E-state index contributed by atoms with van der Waals surface area (Å²) in [5.41, 5.74) is -0.120. The minimum atomic E-state index is -1.10. The van der Waals surface area contributed by atoms with Gasteiger partial charge in [-0.1, -0.05) is 56.2 Å². The Balaban J connectivity index is 0.000000277. The smallest absolute Gasteiger partial charge is 0.333 e. The molecule has 2 rings (SSSR count). The average molecular weight is 334 g/mol. The fourth-order valence-corrected chi connectivity index (χ4v) is 2.48. The fraction of sp³-hybridized carbons (Fsp3) is 0.474. The number of aliphatic hydroxyl groups is 2. The third-order valence-corrected chi connectivity index (χ3v) is 3.81. The summed E-state index contributed by atoms with van der Waals surface area (Å²) >= 11 is 0. The van der Waals surface area contributed by atoms with Crippen LogP contribution in [0.1, 0.15) is 49.4 Å². The number of hydrogen-bond donors (Lipinski definition) is 2. The van der Waals surface area contributed by atoms with Crippen LogP contribution in [-0.4, -0.2) is 40.8 Å². The fourth-order valence-electron chi connectivity index (χ4n) is 2.48. The van der Waals surface area contributed by atoms with Gasteiger partial charge in [0.1, 0.15) is 12.2 Å². The number of rotatable bonds is 5. The Bertz CT molecular complexity index is 544. The van der Waals surface area contributed by atoms with Crippen LogP contribution in [0, 0.1) is 0 Å². The Morgan fingerprint density at radius 2 is 1.75 bits per heavy atom. The number of aliphatic hydroxyl groups excluding tert-OH is 1. The van der Waals surface area contributed by atoms with Gasteiger partial charge in [-0.15, -0.1) is 0 Å². The highest BCUT2D eigenvalue weighted by Crippen LogP contribution is 2.30. The van der Waals surface area contributed by atoms with Gasteiger partial charge in [-0.2, -0.15) is 0 Å². The number of carbonyl (C=O) groups is 2. The molecule has 1 saturated carbocycles. The van der Waals surface area contributed by atoms with Crippen molar-refractivity contribution >= 4 is 11.8 Å². The largest absolute Gasteiger partial charge is 0.460 e. The predicted molar refractivity (Wildman–Crippen MR) is 91.7 cm³/mol. The first-order chi connectivity index (χ1) is 11.4. The molecule has 0 radical (unpaired) electrons. The van der Waals surface area contributed by atoms with Crippen molar-refractivity contribution in [1.82, 2.24) is 0 Å². The quantitative estimate of drug-likeness (QED) is 0.491. The molecular formula is C19H26O5. The summed E-state index contributed by atoms with van der Waals surface area (Å²) in [5.74, 6) is -0.563. The van der Waals surface area contributed by atoms with E-state index in [9.17, 15) is 14.7 Å². The monoisotopic (exact) mass is 334 g/mol. The third-order valence-electron chi connectivity index (χ3n) is 3.81. The maximum atomic E-state index is 12.1. The van der Waals surface area contributed by atoms with E-state index in [1.54, 1.807) is 19.1 Å². The zero-order valence-electron chi connectivity index (χ0n) is 14.2. The van der Waals surface area contributed by atoms with Gasteiger partial charge < -0.3 is 14.9 Å². The summed E-state index contributed by atoms with van der Waals surface area (Å²) in [6, 6.07) is 9.09. The van der Waals surface area contributed by atoms with Crippen molar-refractivity contribution in [1.29, 1.82) is 0 Å². The summed E-state index contributed by atoms with van der Waals surface area (Å²) < 4.78 is 4.46. The van der Waals surface area contributed by atoms with Crippen molar-refractivity contribution in [2.75, 3.05) is 13.2 Å². The molecule has 0 spiro atoms. The molecule has 132 valence electrons. The highest BCUT2D eigenvalue weighted by atomic mass is 16.5. The first kappa shape index (κ1) is 20.1. The van der Waals surface area contributed by atoms with E-state index < -0.39 is 11.6 Å². The van der Waals surface area contributed by atoms with Crippen LogP contribution in [0.15, 0.2) is 42.5 Å². The summed E-state index contributed by atoms with van der Waals surface area (Å²) in [7, 11) is 0. The maximum absolute atomic E-state index is 12.1. The van der Waals surface area contributed by atoms with E-state index >= 15 is 0 Å². The molecule has 5 nitrogen and oxygen atoms in total. The Hall–Kier alpha value is -1.98. The molecule has 1 aliphatic rings. The highest BCUT2D eigenvalue weighted by molar-refractivity contribution is 6.02. The molecule has 0 saturated heterocycles. The Kier molecular flexibility index (Phi) is 8.36. The standard InChI is InChI=1S/C13H16O2.C6H10O3/c14-12(11-7-3-1-4-8-11)13(15)9-5-2-6-10-13;1-5(2)6(8)9-4-3-7/h1,3-4,7-8,15H,2,5-6,9-10H2;7H,1,3-4H2,2H3. The van der Waals surface area contributed by atoms with E-state index in [0.717, 1.165) is 19.3 Å². The van der Waals surface area contributed by atoms with Crippen LogP contribution in [-0.2, 0) is 9.53 Å². The van der Waals surface area contributed by atoms with Crippen LogP contribution in [0.2, 0.25) is 0 Å². The first-order valence-electron chi connectivity index (χ1n) is 8.16. The SMILES string of the molecule is C=C(C)C(=O)OCCO.O=C(c1ccccc1)C1(O)CCCCC1. The van der Waals surface area contributed by atoms with Crippen LogP contribution >= 0.6 is 0 Å². The number of Topliss-reactive ketones (excluding diaryl/α,β-unsaturated/α-hetero) is 1. The minimum Gasteiger partial charge on any atom is -0.460 e. The van der Waals surface area contributed by atoms with E-state index in [1.165, 1.54) is 0 Å². The molecule has 5 heteroatoms. The molecule has 0 unspecified atom stereocenters. The minimum absolute atomic E-state index is 0.0473. The number of ketones is 1. The molecule has 0 atom stereocenters. The van der Waals surface area contributed by atoms with Gasteiger partial charge in [-0.3, -0.25) is 4.79 Å². The lowest BCUT2D eigenvalue weighted by Gasteiger charge is -2.30. The zero-order chi connectivity index (χ0) is 18.0. The van der Waals surface area contributed by atoms with Crippen molar-refractivity contribution in [2.45, 2.75) is 44.6 Å². The second-order valence-corrected chi connectivity index (χ2v) is 5.93. The van der Waals surface area contributed by atoms with E-state index in [0.29, 0.717) is 24.0 Å². The van der Waals surface area contributed by atoms with Crippen LogP contribution in [0.3, 0.4) is 0 Å². The molecule has 0 aromatic heterocycles. The summed E-state index contributed by atoms with van der Waals surface area (Å²) in [6.45, 7) is 4.81. The summed E-state index contributed by atoms with van der Waals surface area (Å²) in [5, 5.41) is 18.4. The van der Waals surface area contributed by atoms with Crippen molar-refractivity contribution in [3.63, 3.8) is 0 Å². The third kappa shape index (κ3) is 6.26. The van der Waals surface area contributed by atoms with Crippen LogP contribution in [0.5, 0.6) is 0 Å². The highest BCUT2D eigenvalue weighted by Gasteiger charge is 2.37. The number of hydrogen-bond acceptors (Lipinski definition) is 5. The first-order valence-corrected chi connectivity index (χ1v) is 8.16. The van der Waals surface area contributed by atoms with Gasteiger partial charge >= 0.3 is 5.97 Å². The van der Waals surface area contributed by atoms with Crippen molar-refractivity contribution in [3.8, 4) is 0 Å². The van der Waals surface area contributed by atoms with Gasteiger partial charge in [0.2, 0.25) is 0 Å². The van der Waals surface area contributed by atoms with Gasteiger partial charge in [0.05, 0.1) is 6.61 Å². The van der Waals surface area contributed by atoms with Crippen molar-refractivity contribution < 1.29 is 24.5 Å². The molecule has 0 amide bonds. The van der Waals surface area contributed by atoms with Gasteiger partial charge in [0.15, 0.2) is 5.78 Å². The van der Waals surface area contributed by atoms with E-state index in [4.69, 9.17) is 5.11 Å². The van der Waals surface area contributed by atoms with Crippen LogP contribution in [0.25, 0.3) is 0 Å². The predicted octanol–water partition coefficient (Wildman–Crippen LogP) is 2.66. The maximum Gasteiger partial charge on any atom is 0.333 e. The molecule has 1 aliphatic carbocycles. The molecule has 1 fully saturated rings. The normalized spacial score (nSPS) is 15.6. The molecule has 24 heavy (non-hydrogen) atoms.